The molecule has 2 aliphatic heterocycles. The number of fused-ring (bicyclic) bond motifs is 1. The Morgan fingerprint density at radius 3 is 2.71 bits per heavy atom. The van der Waals surface area contributed by atoms with Gasteiger partial charge in [-0.15, -0.1) is 0 Å². The number of nitrogens with one attached hydrogen (secondary N) is 1. The first-order valence-electron chi connectivity index (χ1n) is 10.4. The minimum Gasteiger partial charge on any atom is -0.454 e. The Morgan fingerprint density at radius 1 is 1.07 bits per heavy atom. The summed E-state index contributed by atoms with van der Waals surface area (Å²) >= 11 is 0. The summed E-state index contributed by atoms with van der Waals surface area (Å²) in [4.78, 5) is 0. The highest BCUT2D eigenvalue weighted by Gasteiger charge is 2.38. The van der Waals surface area contributed by atoms with Gasteiger partial charge in [0.05, 0.1) is 6.10 Å². The average Bonchev–Trinajstić information content (AvgIpc) is 3.20. The van der Waals surface area contributed by atoms with E-state index in [1.54, 1.807) is 0 Å². The average molecular weight is 382 g/mol. The molecule has 0 bridgehead atoms. The maximum Gasteiger partial charge on any atom is 0.231 e. The maximum absolute atomic E-state index is 6.09. The molecule has 28 heavy (non-hydrogen) atoms. The normalized spacial score (nSPS) is 23.9. The van der Waals surface area contributed by atoms with Crippen LogP contribution in [-0.2, 0) is 16.7 Å². The van der Waals surface area contributed by atoms with Gasteiger partial charge < -0.3 is 19.5 Å². The minimum absolute atomic E-state index is 0.191. The highest BCUT2D eigenvalue weighted by Crippen LogP contribution is 2.41. The van der Waals surface area contributed by atoms with E-state index in [4.69, 9.17) is 14.2 Å². The second kappa shape index (κ2) is 8.54. The van der Waals surface area contributed by atoms with E-state index in [9.17, 15) is 0 Å². The summed E-state index contributed by atoms with van der Waals surface area (Å²) in [6.07, 6.45) is 3.64. The summed E-state index contributed by atoms with van der Waals surface area (Å²) < 4.78 is 17.0. The lowest BCUT2D eigenvalue weighted by atomic mass is 9.68. The summed E-state index contributed by atoms with van der Waals surface area (Å²) in [6.45, 7) is 7.53. The molecule has 4 heteroatoms. The molecule has 0 radical (unpaired) electrons. The molecule has 2 atom stereocenters. The summed E-state index contributed by atoms with van der Waals surface area (Å²) in [5, 5.41) is 3.64. The van der Waals surface area contributed by atoms with Crippen molar-refractivity contribution in [2.75, 3.05) is 19.9 Å². The fourth-order valence-corrected chi connectivity index (χ4v) is 4.42. The van der Waals surface area contributed by atoms with Crippen LogP contribution in [0.5, 0.6) is 11.5 Å². The summed E-state index contributed by atoms with van der Waals surface area (Å²) in [7, 11) is 0. The van der Waals surface area contributed by atoms with Gasteiger partial charge in [-0.25, -0.2) is 0 Å². The minimum atomic E-state index is 0.191. The second-order valence-corrected chi connectivity index (χ2v) is 8.37. The summed E-state index contributed by atoms with van der Waals surface area (Å²) in [5.41, 5.74) is 2.87. The van der Waals surface area contributed by atoms with E-state index >= 15 is 0 Å². The van der Waals surface area contributed by atoms with Gasteiger partial charge in [-0.2, -0.15) is 0 Å². The van der Waals surface area contributed by atoms with E-state index in [1.807, 2.05) is 6.07 Å². The zero-order chi connectivity index (χ0) is 19.4. The van der Waals surface area contributed by atoms with Gasteiger partial charge in [-0.3, -0.25) is 0 Å². The van der Waals surface area contributed by atoms with Crippen molar-refractivity contribution >= 4 is 0 Å². The Kier molecular flexibility index (Phi) is 5.88. The molecule has 2 aromatic carbocycles. The van der Waals surface area contributed by atoms with Crippen LogP contribution in [0.2, 0.25) is 0 Å². The van der Waals surface area contributed by atoms with Crippen molar-refractivity contribution in [3.05, 3.63) is 59.7 Å². The van der Waals surface area contributed by atoms with Crippen molar-refractivity contribution in [2.24, 2.45) is 5.92 Å². The molecule has 0 aliphatic carbocycles. The predicted octanol–water partition coefficient (Wildman–Crippen LogP) is 4.67. The Balaban J connectivity index is 1.40. The van der Waals surface area contributed by atoms with Crippen molar-refractivity contribution in [3.63, 3.8) is 0 Å². The van der Waals surface area contributed by atoms with Crippen LogP contribution in [0.25, 0.3) is 0 Å². The van der Waals surface area contributed by atoms with Gasteiger partial charge in [0, 0.05) is 18.6 Å². The molecule has 0 saturated carbocycles. The van der Waals surface area contributed by atoms with Crippen molar-refractivity contribution in [1.29, 1.82) is 0 Å². The fourth-order valence-electron chi connectivity index (χ4n) is 4.42. The lowest BCUT2D eigenvalue weighted by Gasteiger charge is -2.43. The van der Waals surface area contributed by atoms with Crippen molar-refractivity contribution in [2.45, 2.75) is 51.2 Å². The molecule has 0 unspecified atom stereocenters. The van der Waals surface area contributed by atoms with Gasteiger partial charge in [0.15, 0.2) is 11.5 Å². The molecule has 150 valence electrons. The molecule has 1 fully saturated rings. The lowest BCUT2D eigenvalue weighted by Crippen LogP contribution is -2.42. The Labute approximate surface area is 168 Å². The van der Waals surface area contributed by atoms with E-state index in [2.05, 4.69) is 61.6 Å². The first kappa shape index (κ1) is 19.3. The summed E-state index contributed by atoms with van der Waals surface area (Å²) in [5.74, 6) is 2.24. The third-order valence-electron chi connectivity index (χ3n) is 6.18. The highest BCUT2D eigenvalue weighted by atomic mass is 16.7. The number of benzene rings is 2. The molecule has 0 aromatic heterocycles. The van der Waals surface area contributed by atoms with Gasteiger partial charge in [0.1, 0.15) is 0 Å². The smallest absolute Gasteiger partial charge is 0.231 e. The lowest BCUT2D eigenvalue weighted by molar-refractivity contribution is -0.0469. The molecule has 1 N–H and O–H groups in total. The molecular weight excluding hydrogens is 350 g/mol. The Bertz CT molecular complexity index is 777. The van der Waals surface area contributed by atoms with Crippen LogP contribution in [0.3, 0.4) is 0 Å². The highest BCUT2D eigenvalue weighted by molar-refractivity contribution is 5.44. The Morgan fingerprint density at radius 2 is 1.89 bits per heavy atom. The van der Waals surface area contributed by atoms with Crippen LogP contribution in [0.4, 0.5) is 0 Å². The van der Waals surface area contributed by atoms with E-state index < -0.39 is 0 Å². The van der Waals surface area contributed by atoms with Gasteiger partial charge in [0.2, 0.25) is 6.79 Å². The first-order valence-corrected chi connectivity index (χ1v) is 10.4. The standard InChI is InChI=1S/C24H31NO3/c1-18(2)23-15-24(11-13-26-23,20-6-4-3-5-7-20)10-12-25-16-19-8-9-21-22(14-19)28-17-27-21/h3-9,14,18,23,25H,10-13,15-17H2,1-2H3/t23-,24+/m0/s1. The zero-order valence-corrected chi connectivity index (χ0v) is 16.9. The molecule has 1 saturated heterocycles. The number of ether oxygens (including phenoxy) is 3. The molecule has 0 spiro atoms. The summed E-state index contributed by atoms with van der Waals surface area (Å²) in [6, 6.07) is 17.2. The van der Waals surface area contributed by atoms with Gasteiger partial charge >= 0.3 is 0 Å². The molecule has 2 aromatic rings. The third kappa shape index (κ3) is 4.18. The monoisotopic (exact) mass is 381 g/mol. The molecular formula is C24H31NO3. The molecule has 2 heterocycles. The van der Waals surface area contributed by atoms with Gasteiger partial charge in [-0.1, -0.05) is 50.2 Å². The molecule has 0 amide bonds. The second-order valence-electron chi connectivity index (χ2n) is 8.37. The van der Waals surface area contributed by atoms with Crippen LogP contribution in [0.1, 0.15) is 44.2 Å². The topological polar surface area (TPSA) is 39.7 Å². The van der Waals surface area contributed by atoms with Gasteiger partial charge in [0.25, 0.3) is 0 Å². The van der Waals surface area contributed by atoms with E-state index in [0.717, 1.165) is 50.5 Å². The zero-order valence-electron chi connectivity index (χ0n) is 16.9. The molecule has 4 nitrogen and oxygen atoms in total. The number of hydrogen-bond donors (Lipinski definition) is 1. The van der Waals surface area contributed by atoms with Crippen molar-refractivity contribution < 1.29 is 14.2 Å². The maximum atomic E-state index is 6.09. The number of rotatable bonds is 7. The quantitative estimate of drug-likeness (QED) is 0.708. The van der Waals surface area contributed by atoms with E-state index in [0.29, 0.717) is 18.8 Å². The molecule has 4 rings (SSSR count). The first-order chi connectivity index (χ1) is 13.7. The van der Waals surface area contributed by atoms with Crippen LogP contribution in [-0.4, -0.2) is 26.0 Å². The van der Waals surface area contributed by atoms with Crippen molar-refractivity contribution in [3.8, 4) is 11.5 Å². The predicted molar refractivity (Wildman–Crippen MR) is 111 cm³/mol. The van der Waals surface area contributed by atoms with Crippen LogP contribution in [0, 0.1) is 5.92 Å². The van der Waals surface area contributed by atoms with E-state index in [1.165, 1.54) is 11.1 Å². The largest absolute Gasteiger partial charge is 0.454 e. The number of hydrogen-bond acceptors (Lipinski definition) is 4. The van der Waals surface area contributed by atoms with Crippen LogP contribution in [0.15, 0.2) is 48.5 Å². The Hall–Kier alpha value is -2.04. The molecule has 2 aliphatic rings. The van der Waals surface area contributed by atoms with E-state index in [-0.39, 0.29) is 5.41 Å². The van der Waals surface area contributed by atoms with Crippen LogP contribution < -0.4 is 14.8 Å². The van der Waals surface area contributed by atoms with Crippen LogP contribution >= 0.6 is 0 Å². The van der Waals surface area contributed by atoms with Gasteiger partial charge in [-0.05, 0) is 55.0 Å². The third-order valence-corrected chi connectivity index (χ3v) is 6.18. The fraction of sp³-hybridized carbons (Fsp3) is 0.500. The van der Waals surface area contributed by atoms with Crippen molar-refractivity contribution in [1.82, 2.24) is 5.32 Å². The SMILES string of the molecule is CC(C)[C@@H]1C[C@](CCNCc2ccc3c(c2)OCO3)(c2ccccc2)CCO1.